The Kier molecular flexibility index (Phi) is 4.55. The lowest BCUT2D eigenvalue weighted by molar-refractivity contribution is 0.579. The number of halogens is 2. The third kappa shape index (κ3) is 3.43. The van der Waals surface area contributed by atoms with E-state index in [4.69, 9.17) is 11.6 Å². The maximum absolute atomic E-state index is 11.9. The summed E-state index contributed by atoms with van der Waals surface area (Å²) < 4.78 is 24.2. The highest BCUT2D eigenvalue weighted by molar-refractivity contribution is 9.10. The van der Waals surface area contributed by atoms with Gasteiger partial charge in [-0.1, -0.05) is 6.92 Å². The molecule has 1 heterocycles. The molecule has 15 heavy (non-hydrogen) atoms. The van der Waals surface area contributed by atoms with Gasteiger partial charge in [0.2, 0.25) is 0 Å². The molecule has 3 nitrogen and oxygen atoms in total. The fraction of sp³-hybridized carbons (Fsp3) is 0.444. The number of aromatic nitrogens is 1. The van der Waals surface area contributed by atoms with Crippen molar-refractivity contribution in [2.24, 2.45) is 5.92 Å². The maximum atomic E-state index is 11.9. The molecule has 0 aliphatic rings. The van der Waals surface area contributed by atoms with Crippen molar-refractivity contribution in [2.45, 2.75) is 11.9 Å². The third-order valence-corrected chi connectivity index (χ3v) is 5.14. The Morgan fingerprint density at radius 2 is 2.27 bits per heavy atom. The molecule has 0 fully saturated rings. The van der Waals surface area contributed by atoms with E-state index in [-0.39, 0.29) is 16.7 Å². The van der Waals surface area contributed by atoms with Crippen LogP contribution in [-0.4, -0.2) is 25.0 Å². The molecule has 0 saturated heterocycles. The van der Waals surface area contributed by atoms with E-state index in [0.717, 1.165) is 0 Å². The molecular weight excluding hydrogens is 302 g/mol. The molecule has 1 atom stereocenters. The first-order valence-electron chi connectivity index (χ1n) is 4.36. The molecule has 0 amide bonds. The molecule has 1 aromatic rings. The maximum Gasteiger partial charge on any atom is 0.197 e. The summed E-state index contributed by atoms with van der Waals surface area (Å²) in [5.41, 5.74) is 0. The number of alkyl halides is 1. The molecule has 0 bridgehead atoms. The molecule has 0 spiro atoms. The zero-order valence-electron chi connectivity index (χ0n) is 8.15. The molecule has 0 saturated carbocycles. The van der Waals surface area contributed by atoms with E-state index in [1.807, 2.05) is 0 Å². The predicted molar refractivity (Wildman–Crippen MR) is 63.9 cm³/mol. The van der Waals surface area contributed by atoms with Gasteiger partial charge in [0.25, 0.3) is 0 Å². The van der Waals surface area contributed by atoms with Crippen LogP contribution < -0.4 is 0 Å². The van der Waals surface area contributed by atoms with E-state index in [2.05, 4.69) is 20.9 Å². The number of pyridine rings is 1. The fourth-order valence-electron chi connectivity index (χ4n) is 1.10. The number of hydrogen-bond acceptors (Lipinski definition) is 3. The Bertz CT molecular complexity index is 435. The Hall–Kier alpha value is -0.130. The lowest BCUT2D eigenvalue weighted by atomic mass is 10.3. The number of sulfone groups is 1. The Morgan fingerprint density at radius 3 is 2.80 bits per heavy atom. The Balaban J connectivity index is 3.02. The normalized spacial score (nSPS) is 13.8. The molecule has 0 radical (unpaired) electrons. The summed E-state index contributed by atoms with van der Waals surface area (Å²) in [4.78, 5) is 3.86. The van der Waals surface area contributed by atoms with Gasteiger partial charge in [-0.15, -0.1) is 11.6 Å². The Labute approximate surface area is 103 Å². The van der Waals surface area contributed by atoms with Crippen LogP contribution in [0.25, 0.3) is 0 Å². The first kappa shape index (κ1) is 12.9. The third-order valence-electron chi connectivity index (χ3n) is 1.79. The molecule has 0 aliphatic carbocycles. The standard InChI is InChI=1S/C9H11BrClNO2S/c1-7(5-11)6-15(13,14)9-8(10)3-2-4-12-9/h2-4,7H,5-6H2,1H3. The number of nitrogens with zero attached hydrogens (tertiary/aromatic N) is 1. The second kappa shape index (κ2) is 5.27. The largest absolute Gasteiger partial charge is 0.244 e. The average molecular weight is 313 g/mol. The van der Waals surface area contributed by atoms with Gasteiger partial charge in [0.15, 0.2) is 14.9 Å². The average Bonchev–Trinajstić information content (AvgIpc) is 2.17. The van der Waals surface area contributed by atoms with Gasteiger partial charge in [-0.25, -0.2) is 13.4 Å². The van der Waals surface area contributed by atoms with Crippen LogP contribution in [0.1, 0.15) is 6.92 Å². The van der Waals surface area contributed by atoms with E-state index in [1.165, 1.54) is 6.20 Å². The molecule has 84 valence electrons. The van der Waals surface area contributed by atoms with Crippen molar-refractivity contribution in [3.05, 3.63) is 22.8 Å². The van der Waals surface area contributed by atoms with Gasteiger partial charge in [-0.3, -0.25) is 0 Å². The summed E-state index contributed by atoms with van der Waals surface area (Å²) in [5, 5.41) is 0.0852. The molecular formula is C9H11BrClNO2S. The highest BCUT2D eigenvalue weighted by Crippen LogP contribution is 2.21. The minimum atomic E-state index is -3.34. The van der Waals surface area contributed by atoms with Crippen molar-refractivity contribution in [1.29, 1.82) is 0 Å². The van der Waals surface area contributed by atoms with Crippen LogP contribution in [0.4, 0.5) is 0 Å². The summed E-state index contributed by atoms with van der Waals surface area (Å²) >= 11 is 8.76. The minimum absolute atomic E-state index is 0.0200. The number of rotatable bonds is 4. The monoisotopic (exact) mass is 311 g/mol. The smallest absolute Gasteiger partial charge is 0.197 e. The van der Waals surface area contributed by atoms with Crippen molar-refractivity contribution in [3.8, 4) is 0 Å². The summed E-state index contributed by atoms with van der Waals surface area (Å²) in [7, 11) is -3.34. The molecule has 1 aromatic heterocycles. The molecule has 0 aliphatic heterocycles. The van der Waals surface area contributed by atoms with Crippen molar-refractivity contribution in [3.63, 3.8) is 0 Å². The summed E-state index contributed by atoms with van der Waals surface area (Å²) in [6.45, 7) is 1.79. The summed E-state index contributed by atoms with van der Waals surface area (Å²) in [5.74, 6) is 0.265. The fourth-order valence-corrected chi connectivity index (χ4v) is 3.94. The van der Waals surface area contributed by atoms with Crippen molar-refractivity contribution in [2.75, 3.05) is 11.6 Å². The van der Waals surface area contributed by atoms with Crippen molar-refractivity contribution >= 4 is 37.4 Å². The molecule has 1 rings (SSSR count). The molecule has 0 aromatic carbocycles. The van der Waals surface area contributed by atoms with Crippen LogP contribution in [0.2, 0.25) is 0 Å². The summed E-state index contributed by atoms with van der Waals surface area (Å²) in [6.07, 6.45) is 1.46. The van der Waals surface area contributed by atoms with Crippen LogP contribution in [0.3, 0.4) is 0 Å². The zero-order valence-corrected chi connectivity index (χ0v) is 11.3. The first-order chi connectivity index (χ1) is 6.97. The summed E-state index contributed by atoms with van der Waals surface area (Å²) in [6, 6.07) is 3.33. The van der Waals surface area contributed by atoms with Crippen LogP contribution >= 0.6 is 27.5 Å². The Morgan fingerprint density at radius 1 is 1.60 bits per heavy atom. The second-order valence-corrected chi connectivity index (χ2v) is 6.44. The predicted octanol–water partition coefficient (Wildman–Crippen LogP) is 2.49. The van der Waals surface area contributed by atoms with E-state index in [9.17, 15) is 8.42 Å². The second-order valence-electron chi connectivity index (χ2n) is 3.33. The van der Waals surface area contributed by atoms with Gasteiger partial charge >= 0.3 is 0 Å². The van der Waals surface area contributed by atoms with Gasteiger partial charge in [0.05, 0.1) is 10.2 Å². The highest BCUT2D eigenvalue weighted by atomic mass is 79.9. The molecule has 6 heteroatoms. The highest BCUT2D eigenvalue weighted by Gasteiger charge is 2.21. The minimum Gasteiger partial charge on any atom is -0.244 e. The van der Waals surface area contributed by atoms with Gasteiger partial charge < -0.3 is 0 Å². The van der Waals surface area contributed by atoms with Crippen LogP contribution in [0.15, 0.2) is 27.8 Å². The van der Waals surface area contributed by atoms with Crippen LogP contribution in [-0.2, 0) is 9.84 Å². The quantitative estimate of drug-likeness (QED) is 0.803. The molecule has 1 unspecified atom stereocenters. The number of hydrogen-bond donors (Lipinski definition) is 0. The van der Waals surface area contributed by atoms with Gasteiger partial charge in [0.1, 0.15) is 0 Å². The van der Waals surface area contributed by atoms with Gasteiger partial charge in [-0.2, -0.15) is 0 Å². The lowest BCUT2D eigenvalue weighted by Gasteiger charge is -2.08. The van der Waals surface area contributed by atoms with Crippen molar-refractivity contribution in [1.82, 2.24) is 4.98 Å². The van der Waals surface area contributed by atoms with Gasteiger partial charge in [-0.05, 0) is 34.0 Å². The van der Waals surface area contributed by atoms with E-state index < -0.39 is 9.84 Å². The SMILES string of the molecule is CC(CCl)CS(=O)(=O)c1ncccc1Br. The van der Waals surface area contributed by atoms with E-state index in [0.29, 0.717) is 10.4 Å². The lowest BCUT2D eigenvalue weighted by Crippen LogP contribution is -2.16. The van der Waals surface area contributed by atoms with E-state index >= 15 is 0 Å². The van der Waals surface area contributed by atoms with Gasteiger partial charge in [0, 0.05) is 12.1 Å². The van der Waals surface area contributed by atoms with Crippen molar-refractivity contribution < 1.29 is 8.42 Å². The first-order valence-corrected chi connectivity index (χ1v) is 7.34. The van der Waals surface area contributed by atoms with Crippen LogP contribution in [0, 0.1) is 5.92 Å². The topological polar surface area (TPSA) is 47.0 Å². The van der Waals surface area contributed by atoms with Crippen LogP contribution in [0.5, 0.6) is 0 Å². The molecule has 0 N–H and O–H groups in total. The van der Waals surface area contributed by atoms with E-state index in [1.54, 1.807) is 19.1 Å². The zero-order chi connectivity index (χ0) is 11.5.